The Morgan fingerprint density at radius 2 is 1.59 bits per heavy atom. The molecule has 0 heterocycles. The summed E-state index contributed by atoms with van der Waals surface area (Å²) in [7, 11) is 1.76. The number of hydrogen-bond donors (Lipinski definition) is 2. The van der Waals surface area contributed by atoms with E-state index < -0.39 is 0 Å². The van der Waals surface area contributed by atoms with Crippen LogP contribution < -0.4 is 10.6 Å². The van der Waals surface area contributed by atoms with Gasteiger partial charge in [0.15, 0.2) is 5.96 Å². The van der Waals surface area contributed by atoms with E-state index in [0.717, 1.165) is 28.7 Å². The zero-order valence-electron chi connectivity index (χ0n) is 16.0. The summed E-state index contributed by atoms with van der Waals surface area (Å²) in [5.41, 5.74) is 3.47. The smallest absolute Gasteiger partial charge is 0.191 e. The van der Waals surface area contributed by atoms with Crippen molar-refractivity contribution in [3.8, 4) is 0 Å². The molecule has 0 spiro atoms. The first-order valence-electron chi connectivity index (χ1n) is 9.13. The quantitative estimate of drug-likeness (QED) is 0.369. The fourth-order valence-corrected chi connectivity index (χ4v) is 2.60. The highest BCUT2D eigenvalue weighted by molar-refractivity contribution is 6.30. The molecule has 0 aliphatic rings. The molecule has 0 atom stereocenters. The first-order chi connectivity index (χ1) is 13.2. The first kappa shape index (κ1) is 21.2. The van der Waals surface area contributed by atoms with Crippen molar-refractivity contribution in [2.45, 2.75) is 26.6 Å². The highest BCUT2D eigenvalue weighted by Gasteiger charge is 2.01. The maximum atomic E-state index is 5.91. The molecule has 0 fully saturated rings. The van der Waals surface area contributed by atoms with Crippen molar-refractivity contribution >= 4 is 17.6 Å². The van der Waals surface area contributed by atoms with Crippen LogP contribution in [0.25, 0.3) is 0 Å². The molecular formula is C21H28ClN3O2. The monoisotopic (exact) mass is 389 g/mol. The Kier molecular flexibility index (Phi) is 9.69. The number of ether oxygens (including phenoxy) is 2. The minimum absolute atomic E-state index is 0.588. The fraction of sp³-hybridized carbons (Fsp3) is 0.381. The number of benzene rings is 2. The lowest BCUT2D eigenvalue weighted by molar-refractivity contribution is 0.0453. The zero-order valence-corrected chi connectivity index (χ0v) is 16.8. The minimum atomic E-state index is 0.588. The second kappa shape index (κ2) is 12.3. The predicted molar refractivity (Wildman–Crippen MR) is 111 cm³/mol. The third kappa shape index (κ3) is 8.43. The van der Waals surface area contributed by atoms with Gasteiger partial charge in [0.25, 0.3) is 0 Å². The van der Waals surface area contributed by atoms with E-state index in [-0.39, 0.29) is 0 Å². The molecule has 27 heavy (non-hydrogen) atoms. The number of nitrogens with zero attached hydrogens (tertiary/aromatic N) is 1. The molecule has 0 radical (unpaired) electrons. The summed E-state index contributed by atoms with van der Waals surface area (Å²) in [6.07, 6.45) is 0. The molecule has 2 aromatic carbocycles. The van der Waals surface area contributed by atoms with E-state index >= 15 is 0 Å². The Balaban J connectivity index is 1.76. The van der Waals surface area contributed by atoms with Gasteiger partial charge in [-0.05, 0) is 35.7 Å². The summed E-state index contributed by atoms with van der Waals surface area (Å²) in [4.78, 5) is 4.27. The van der Waals surface area contributed by atoms with E-state index in [2.05, 4.69) is 33.8 Å². The average molecular weight is 390 g/mol. The number of aliphatic imine (C=N–C) groups is 1. The second-order valence-corrected chi connectivity index (χ2v) is 6.41. The molecule has 2 N–H and O–H groups in total. The average Bonchev–Trinajstić information content (AvgIpc) is 2.69. The third-order valence-electron chi connectivity index (χ3n) is 3.89. The summed E-state index contributed by atoms with van der Waals surface area (Å²) in [6.45, 7) is 5.90. The summed E-state index contributed by atoms with van der Waals surface area (Å²) in [5, 5.41) is 7.37. The molecule has 5 nitrogen and oxygen atoms in total. The predicted octanol–water partition coefficient (Wildman–Crippen LogP) is 3.76. The van der Waals surface area contributed by atoms with Crippen molar-refractivity contribution in [1.29, 1.82) is 0 Å². The van der Waals surface area contributed by atoms with Crippen LogP contribution in [0.4, 0.5) is 0 Å². The van der Waals surface area contributed by atoms with Gasteiger partial charge in [-0.25, -0.2) is 0 Å². The minimum Gasteiger partial charge on any atom is -0.379 e. The molecule has 0 unspecified atom stereocenters. The van der Waals surface area contributed by atoms with Crippen LogP contribution in [0.1, 0.15) is 23.6 Å². The topological polar surface area (TPSA) is 54.9 Å². The lowest BCUT2D eigenvalue weighted by atomic mass is 10.1. The van der Waals surface area contributed by atoms with Gasteiger partial charge >= 0.3 is 0 Å². The number of guanidine groups is 1. The lowest BCUT2D eigenvalue weighted by Gasteiger charge is -2.13. The number of rotatable bonds is 10. The molecule has 2 rings (SSSR count). The molecule has 6 heteroatoms. The van der Waals surface area contributed by atoms with Crippen LogP contribution in [0.15, 0.2) is 53.5 Å². The van der Waals surface area contributed by atoms with E-state index in [9.17, 15) is 0 Å². The first-order valence-corrected chi connectivity index (χ1v) is 9.51. The summed E-state index contributed by atoms with van der Waals surface area (Å²) >= 11 is 5.91. The van der Waals surface area contributed by atoms with Crippen molar-refractivity contribution in [1.82, 2.24) is 10.6 Å². The van der Waals surface area contributed by atoms with Crippen molar-refractivity contribution < 1.29 is 9.47 Å². The maximum Gasteiger partial charge on any atom is 0.191 e. The Bertz CT molecular complexity index is 705. The van der Waals surface area contributed by atoms with Crippen molar-refractivity contribution in [3.63, 3.8) is 0 Å². The van der Waals surface area contributed by atoms with Gasteiger partial charge in [0.05, 0.1) is 19.8 Å². The molecular weight excluding hydrogens is 362 g/mol. The fourth-order valence-electron chi connectivity index (χ4n) is 2.48. The van der Waals surface area contributed by atoms with Crippen LogP contribution in [-0.4, -0.2) is 32.8 Å². The van der Waals surface area contributed by atoms with E-state index in [1.807, 2.05) is 37.3 Å². The maximum absolute atomic E-state index is 5.91. The van der Waals surface area contributed by atoms with Crippen molar-refractivity contribution in [3.05, 3.63) is 70.2 Å². The number of halogens is 1. The molecule has 0 saturated heterocycles. The molecule has 0 aliphatic heterocycles. The van der Waals surface area contributed by atoms with Gasteiger partial charge in [-0.3, -0.25) is 4.99 Å². The third-order valence-corrected chi connectivity index (χ3v) is 4.15. The van der Waals surface area contributed by atoms with Gasteiger partial charge in [-0.1, -0.05) is 48.0 Å². The standard InChI is InChI=1S/C21H28ClN3O2/c1-3-26-11-12-27-16-19-6-4-5-18(13-19)15-25-21(23-2)24-14-17-7-9-20(22)10-8-17/h4-10,13H,3,11-12,14-16H2,1-2H3,(H2,23,24,25). The van der Waals surface area contributed by atoms with Gasteiger partial charge in [0, 0.05) is 31.8 Å². The van der Waals surface area contributed by atoms with Gasteiger partial charge in [0.2, 0.25) is 0 Å². The van der Waals surface area contributed by atoms with Crippen LogP contribution in [0, 0.1) is 0 Å². The zero-order chi connectivity index (χ0) is 19.3. The van der Waals surface area contributed by atoms with Crippen LogP contribution >= 0.6 is 11.6 Å². The van der Waals surface area contributed by atoms with Crippen LogP contribution in [-0.2, 0) is 29.2 Å². The summed E-state index contributed by atoms with van der Waals surface area (Å²) in [6, 6.07) is 16.1. The summed E-state index contributed by atoms with van der Waals surface area (Å²) < 4.78 is 10.9. The normalized spacial score (nSPS) is 11.4. The molecule has 2 aromatic rings. The molecule has 0 aromatic heterocycles. The molecule has 0 bridgehead atoms. The SMILES string of the molecule is CCOCCOCc1cccc(CNC(=NC)NCc2ccc(Cl)cc2)c1. The van der Waals surface area contributed by atoms with E-state index in [4.69, 9.17) is 21.1 Å². The van der Waals surface area contributed by atoms with Gasteiger partial charge in [0.1, 0.15) is 0 Å². The van der Waals surface area contributed by atoms with Crippen LogP contribution in [0.3, 0.4) is 0 Å². The Morgan fingerprint density at radius 3 is 2.30 bits per heavy atom. The largest absolute Gasteiger partial charge is 0.379 e. The Morgan fingerprint density at radius 1 is 0.926 bits per heavy atom. The Hall–Kier alpha value is -2.08. The summed E-state index contributed by atoms with van der Waals surface area (Å²) in [5.74, 6) is 0.753. The molecule has 0 saturated carbocycles. The van der Waals surface area contributed by atoms with E-state index in [0.29, 0.717) is 32.9 Å². The lowest BCUT2D eigenvalue weighted by Crippen LogP contribution is -2.36. The number of hydrogen-bond acceptors (Lipinski definition) is 3. The highest BCUT2D eigenvalue weighted by Crippen LogP contribution is 2.09. The van der Waals surface area contributed by atoms with Gasteiger partial charge in [-0.2, -0.15) is 0 Å². The van der Waals surface area contributed by atoms with Crippen molar-refractivity contribution in [2.24, 2.45) is 4.99 Å². The van der Waals surface area contributed by atoms with Gasteiger partial charge < -0.3 is 20.1 Å². The Labute approximate surface area is 166 Å². The highest BCUT2D eigenvalue weighted by atomic mass is 35.5. The van der Waals surface area contributed by atoms with Gasteiger partial charge in [-0.15, -0.1) is 0 Å². The molecule has 0 aliphatic carbocycles. The van der Waals surface area contributed by atoms with E-state index in [1.165, 1.54) is 5.56 Å². The van der Waals surface area contributed by atoms with E-state index in [1.54, 1.807) is 7.05 Å². The number of nitrogens with one attached hydrogen (secondary N) is 2. The van der Waals surface area contributed by atoms with Crippen LogP contribution in [0.5, 0.6) is 0 Å². The second-order valence-electron chi connectivity index (χ2n) is 5.98. The van der Waals surface area contributed by atoms with Crippen LogP contribution in [0.2, 0.25) is 5.02 Å². The van der Waals surface area contributed by atoms with Crippen molar-refractivity contribution in [2.75, 3.05) is 26.9 Å². The molecule has 146 valence electrons. The molecule has 0 amide bonds.